The molecule has 0 fully saturated rings. The van der Waals surface area contributed by atoms with Gasteiger partial charge in [-0.15, -0.1) is 11.8 Å². The predicted octanol–water partition coefficient (Wildman–Crippen LogP) is 4.49. The highest BCUT2D eigenvalue weighted by Gasteiger charge is 2.32. The van der Waals surface area contributed by atoms with Crippen LogP contribution in [-0.4, -0.2) is 24.1 Å². The fourth-order valence-electron chi connectivity index (χ4n) is 2.95. The van der Waals surface area contributed by atoms with Gasteiger partial charge in [-0.25, -0.2) is 4.39 Å². The summed E-state index contributed by atoms with van der Waals surface area (Å²) in [6.07, 6.45) is 0.825. The summed E-state index contributed by atoms with van der Waals surface area (Å²) in [7, 11) is 0. The van der Waals surface area contributed by atoms with Gasteiger partial charge in [0, 0.05) is 28.2 Å². The van der Waals surface area contributed by atoms with Crippen LogP contribution >= 0.6 is 11.8 Å². The lowest BCUT2D eigenvalue weighted by molar-refractivity contribution is -0.125. The fourth-order valence-corrected chi connectivity index (χ4v) is 3.65. The van der Waals surface area contributed by atoms with E-state index in [1.165, 1.54) is 23.9 Å². The number of fused-ring (bicyclic) bond motifs is 1. The average molecular weight is 386 g/mol. The molecule has 0 aromatic heterocycles. The third-order valence-electron chi connectivity index (χ3n) is 4.33. The van der Waals surface area contributed by atoms with Crippen LogP contribution in [0.1, 0.15) is 26.3 Å². The zero-order valence-electron chi connectivity index (χ0n) is 15.7. The molecule has 2 aromatic carbocycles. The molecule has 0 aliphatic carbocycles. The van der Waals surface area contributed by atoms with Gasteiger partial charge in [-0.1, -0.05) is 26.8 Å². The molecular weight excluding hydrogens is 363 g/mol. The number of anilines is 2. The first kappa shape index (κ1) is 19.4. The Hall–Kier alpha value is -2.34. The van der Waals surface area contributed by atoms with Crippen molar-refractivity contribution in [2.45, 2.75) is 32.1 Å². The molecule has 0 bridgehead atoms. The van der Waals surface area contributed by atoms with Crippen LogP contribution in [0.25, 0.3) is 0 Å². The van der Waals surface area contributed by atoms with E-state index in [9.17, 15) is 14.0 Å². The van der Waals surface area contributed by atoms with Crippen LogP contribution in [0.2, 0.25) is 0 Å². The molecule has 0 saturated carbocycles. The standard InChI is InChI=1S/C21H23FN2O2S/c1-21(2,3)20(26)24-11-10-14-4-7-16(12-18(14)24)23-19(25)13-27-17-8-5-15(22)6-9-17/h4-9,12H,10-11,13H2,1-3H3,(H,23,25). The van der Waals surface area contributed by atoms with E-state index in [0.29, 0.717) is 12.2 Å². The van der Waals surface area contributed by atoms with Gasteiger partial charge in [0.05, 0.1) is 5.75 Å². The Morgan fingerprint density at radius 3 is 2.52 bits per heavy atom. The van der Waals surface area contributed by atoms with Crippen LogP contribution in [0, 0.1) is 11.2 Å². The van der Waals surface area contributed by atoms with E-state index in [4.69, 9.17) is 0 Å². The Morgan fingerprint density at radius 2 is 1.85 bits per heavy atom. The summed E-state index contributed by atoms with van der Waals surface area (Å²) in [5, 5.41) is 2.88. The molecule has 142 valence electrons. The number of thioether (sulfide) groups is 1. The number of amides is 2. The molecule has 0 unspecified atom stereocenters. The molecule has 0 atom stereocenters. The first-order valence-corrected chi connectivity index (χ1v) is 9.86. The van der Waals surface area contributed by atoms with Crippen molar-refractivity contribution in [3.05, 3.63) is 53.8 Å². The van der Waals surface area contributed by atoms with Gasteiger partial charge >= 0.3 is 0 Å². The highest BCUT2D eigenvalue weighted by Crippen LogP contribution is 2.34. The number of nitrogens with zero attached hydrogens (tertiary/aromatic N) is 1. The molecule has 1 N–H and O–H groups in total. The predicted molar refractivity (Wildman–Crippen MR) is 108 cm³/mol. The van der Waals surface area contributed by atoms with Crippen LogP contribution in [-0.2, 0) is 16.0 Å². The van der Waals surface area contributed by atoms with Gasteiger partial charge < -0.3 is 10.2 Å². The van der Waals surface area contributed by atoms with Crippen molar-refractivity contribution in [2.75, 3.05) is 22.5 Å². The highest BCUT2D eigenvalue weighted by atomic mass is 32.2. The normalized spacial score (nSPS) is 13.4. The van der Waals surface area contributed by atoms with E-state index < -0.39 is 5.41 Å². The Labute approximate surface area is 163 Å². The molecular formula is C21H23FN2O2S. The van der Waals surface area contributed by atoms with Gasteiger partial charge in [0.2, 0.25) is 11.8 Å². The number of hydrogen-bond acceptors (Lipinski definition) is 3. The number of carbonyl (C=O) groups is 2. The lowest BCUT2D eigenvalue weighted by Crippen LogP contribution is -2.38. The van der Waals surface area contributed by atoms with Crippen LogP contribution in [0.3, 0.4) is 0 Å². The molecule has 0 saturated heterocycles. The quantitative estimate of drug-likeness (QED) is 0.788. The summed E-state index contributed by atoms with van der Waals surface area (Å²) in [4.78, 5) is 27.5. The van der Waals surface area contributed by atoms with Crippen LogP contribution < -0.4 is 10.2 Å². The molecule has 1 aliphatic rings. The first-order valence-electron chi connectivity index (χ1n) is 8.87. The topological polar surface area (TPSA) is 49.4 Å². The molecule has 4 nitrogen and oxygen atoms in total. The van der Waals surface area contributed by atoms with Crippen molar-refractivity contribution in [1.29, 1.82) is 0 Å². The van der Waals surface area contributed by atoms with Crippen molar-refractivity contribution in [3.63, 3.8) is 0 Å². The zero-order chi connectivity index (χ0) is 19.6. The van der Waals surface area contributed by atoms with Crippen molar-refractivity contribution in [1.82, 2.24) is 0 Å². The molecule has 1 heterocycles. The lowest BCUT2D eigenvalue weighted by Gasteiger charge is -2.26. The third kappa shape index (κ3) is 4.69. The number of hydrogen-bond donors (Lipinski definition) is 1. The largest absolute Gasteiger partial charge is 0.325 e. The van der Waals surface area contributed by atoms with E-state index in [1.54, 1.807) is 17.0 Å². The van der Waals surface area contributed by atoms with Crippen molar-refractivity contribution >= 4 is 35.0 Å². The second-order valence-electron chi connectivity index (χ2n) is 7.59. The molecule has 0 spiro atoms. The SMILES string of the molecule is CC(C)(C)C(=O)N1CCc2ccc(NC(=O)CSc3ccc(F)cc3)cc21. The molecule has 1 aliphatic heterocycles. The van der Waals surface area contributed by atoms with Gasteiger partial charge in [0.15, 0.2) is 0 Å². The smallest absolute Gasteiger partial charge is 0.234 e. The Kier molecular flexibility index (Phi) is 5.56. The second kappa shape index (κ2) is 7.72. The van der Waals surface area contributed by atoms with Crippen LogP contribution in [0.5, 0.6) is 0 Å². The molecule has 2 aromatic rings. The van der Waals surface area contributed by atoms with Crippen molar-refractivity contribution in [3.8, 4) is 0 Å². The number of halogens is 1. The van der Waals surface area contributed by atoms with Gasteiger partial charge in [0.25, 0.3) is 0 Å². The Morgan fingerprint density at radius 1 is 1.15 bits per heavy atom. The van der Waals surface area contributed by atoms with Gasteiger partial charge in [-0.05, 0) is 48.4 Å². The van der Waals surface area contributed by atoms with Gasteiger partial charge in [0.1, 0.15) is 5.82 Å². The average Bonchev–Trinajstić information content (AvgIpc) is 3.03. The van der Waals surface area contributed by atoms with E-state index in [2.05, 4.69) is 5.32 Å². The minimum absolute atomic E-state index is 0.0802. The highest BCUT2D eigenvalue weighted by molar-refractivity contribution is 8.00. The van der Waals surface area contributed by atoms with E-state index in [-0.39, 0.29) is 23.4 Å². The zero-order valence-corrected chi connectivity index (χ0v) is 16.5. The van der Waals surface area contributed by atoms with E-state index >= 15 is 0 Å². The Bertz CT molecular complexity index is 859. The first-order chi connectivity index (χ1) is 12.7. The number of benzene rings is 2. The molecule has 2 amide bonds. The number of nitrogens with one attached hydrogen (secondary N) is 1. The van der Waals surface area contributed by atoms with Crippen molar-refractivity contribution < 1.29 is 14.0 Å². The molecule has 0 radical (unpaired) electrons. The lowest BCUT2D eigenvalue weighted by atomic mass is 9.94. The fraction of sp³-hybridized carbons (Fsp3) is 0.333. The number of rotatable bonds is 4. The van der Waals surface area contributed by atoms with Crippen molar-refractivity contribution in [2.24, 2.45) is 5.41 Å². The van der Waals surface area contributed by atoms with E-state index in [0.717, 1.165) is 22.6 Å². The van der Waals surface area contributed by atoms with Gasteiger partial charge in [-0.2, -0.15) is 0 Å². The minimum atomic E-state index is -0.452. The van der Waals surface area contributed by atoms with Gasteiger partial charge in [-0.3, -0.25) is 9.59 Å². The summed E-state index contributed by atoms with van der Waals surface area (Å²) >= 11 is 1.35. The number of carbonyl (C=O) groups excluding carboxylic acids is 2. The van der Waals surface area contributed by atoms with E-state index in [1.807, 2.05) is 39.0 Å². The summed E-state index contributed by atoms with van der Waals surface area (Å²) < 4.78 is 12.9. The summed E-state index contributed by atoms with van der Waals surface area (Å²) in [6, 6.07) is 11.8. The van der Waals surface area contributed by atoms with Crippen LogP contribution in [0.15, 0.2) is 47.4 Å². The molecule has 27 heavy (non-hydrogen) atoms. The minimum Gasteiger partial charge on any atom is -0.325 e. The summed E-state index contributed by atoms with van der Waals surface area (Å²) in [6.45, 7) is 6.39. The second-order valence-corrected chi connectivity index (χ2v) is 8.64. The summed E-state index contributed by atoms with van der Waals surface area (Å²) in [5.41, 5.74) is 2.21. The third-order valence-corrected chi connectivity index (χ3v) is 5.35. The maximum absolute atomic E-state index is 12.9. The summed E-state index contributed by atoms with van der Waals surface area (Å²) in [5.74, 6) is -0.128. The molecule has 3 rings (SSSR count). The van der Waals surface area contributed by atoms with Crippen LogP contribution in [0.4, 0.5) is 15.8 Å². The monoisotopic (exact) mass is 386 g/mol. The Balaban J connectivity index is 1.65. The maximum Gasteiger partial charge on any atom is 0.234 e. The maximum atomic E-state index is 12.9. The molecule has 6 heteroatoms.